The molecule has 0 saturated carbocycles. The third-order valence-electron chi connectivity index (χ3n) is 3.50. The van der Waals surface area contributed by atoms with E-state index in [4.69, 9.17) is 0 Å². The van der Waals surface area contributed by atoms with Crippen molar-refractivity contribution in [1.82, 2.24) is 14.9 Å². The number of anilines is 1. The first-order chi connectivity index (χ1) is 8.34. The zero-order valence-electron chi connectivity index (χ0n) is 10.1. The van der Waals surface area contributed by atoms with Crippen LogP contribution in [0.2, 0.25) is 0 Å². The highest BCUT2D eigenvalue weighted by Crippen LogP contribution is 2.18. The van der Waals surface area contributed by atoms with Crippen LogP contribution in [-0.4, -0.2) is 29.2 Å². The third-order valence-corrected chi connectivity index (χ3v) is 3.50. The van der Waals surface area contributed by atoms with Crippen LogP contribution < -0.4 is 10.6 Å². The van der Waals surface area contributed by atoms with E-state index in [2.05, 4.69) is 45.4 Å². The summed E-state index contributed by atoms with van der Waals surface area (Å²) >= 11 is 0. The Hall–Kier alpha value is -1.55. The second kappa shape index (κ2) is 4.37. The molecule has 0 bridgehead atoms. The number of aromatic nitrogens is 2. The zero-order chi connectivity index (χ0) is 11.7. The van der Waals surface area contributed by atoms with Gasteiger partial charge in [-0.2, -0.15) is 0 Å². The number of imidazole rings is 1. The Kier molecular flexibility index (Phi) is 2.73. The average molecular weight is 230 g/mol. The summed E-state index contributed by atoms with van der Waals surface area (Å²) in [5.74, 6) is 1.70. The predicted octanol–water partition coefficient (Wildman–Crippen LogP) is 1.59. The lowest BCUT2D eigenvalue weighted by Gasteiger charge is -2.10. The third kappa shape index (κ3) is 2.00. The van der Waals surface area contributed by atoms with Crippen molar-refractivity contribution in [3.8, 4) is 0 Å². The molecule has 0 aliphatic carbocycles. The summed E-state index contributed by atoms with van der Waals surface area (Å²) in [6.07, 6.45) is 1.26. The van der Waals surface area contributed by atoms with Crippen molar-refractivity contribution in [3.05, 3.63) is 24.3 Å². The van der Waals surface area contributed by atoms with Crippen LogP contribution in [0.3, 0.4) is 0 Å². The molecule has 1 aliphatic heterocycles. The van der Waals surface area contributed by atoms with E-state index in [1.165, 1.54) is 11.9 Å². The Balaban J connectivity index is 1.78. The Labute approximate surface area is 101 Å². The van der Waals surface area contributed by atoms with E-state index >= 15 is 0 Å². The van der Waals surface area contributed by atoms with Gasteiger partial charge in [-0.3, -0.25) is 0 Å². The molecule has 1 aliphatic rings. The molecule has 1 fully saturated rings. The van der Waals surface area contributed by atoms with Crippen molar-refractivity contribution >= 4 is 17.0 Å². The molecule has 1 unspecified atom stereocenters. The molecule has 4 heteroatoms. The van der Waals surface area contributed by atoms with Crippen LogP contribution in [0, 0.1) is 5.92 Å². The molecule has 1 saturated heterocycles. The van der Waals surface area contributed by atoms with Gasteiger partial charge < -0.3 is 15.2 Å². The molecule has 0 amide bonds. The van der Waals surface area contributed by atoms with E-state index in [9.17, 15) is 0 Å². The van der Waals surface area contributed by atoms with Crippen molar-refractivity contribution in [2.24, 2.45) is 13.0 Å². The van der Waals surface area contributed by atoms with Gasteiger partial charge in [-0.15, -0.1) is 0 Å². The summed E-state index contributed by atoms with van der Waals surface area (Å²) < 4.78 is 2.12. The molecule has 3 rings (SSSR count). The molecule has 2 N–H and O–H groups in total. The van der Waals surface area contributed by atoms with E-state index in [1.54, 1.807) is 0 Å². The van der Waals surface area contributed by atoms with Crippen molar-refractivity contribution in [3.63, 3.8) is 0 Å². The smallest absolute Gasteiger partial charge is 0.203 e. The van der Waals surface area contributed by atoms with E-state index < -0.39 is 0 Å². The van der Waals surface area contributed by atoms with E-state index in [1.807, 2.05) is 6.07 Å². The highest BCUT2D eigenvalue weighted by Gasteiger charge is 2.15. The Bertz CT molecular complexity index is 511. The summed E-state index contributed by atoms with van der Waals surface area (Å²) in [4.78, 5) is 4.60. The fourth-order valence-corrected chi connectivity index (χ4v) is 2.43. The molecule has 1 aromatic heterocycles. The number of rotatable bonds is 3. The molecule has 0 radical (unpaired) electrons. The largest absolute Gasteiger partial charge is 0.355 e. The topological polar surface area (TPSA) is 41.9 Å². The minimum Gasteiger partial charge on any atom is -0.355 e. The van der Waals surface area contributed by atoms with E-state index in [0.717, 1.165) is 37.0 Å². The number of hydrogen-bond acceptors (Lipinski definition) is 3. The quantitative estimate of drug-likeness (QED) is 0.841. The van der Waals surface area contributed by atoms with Gasteiger partial charge in [-0.05, 0) is 37.6 Å². The minimum absolute atomic E-state index is 0.731. The lowest BCUT2D eigenvalue weighted by atomic mass is 10.1. The number of benzene rings is 1. The number of aryl methyl sites for hydroxylation is 1. The Morgan fingerprint density at radius 1 is 1.47 bits per heavy atom. The first-order valence-corrected chi connectivity index (χ1v) is 6.20. The van der Waals surface area contributed by atoms with Gasteiger partial charge in [0.2, 0.25) is 5.95 Å². The molecule has 1 atom stereocenters. The summed E-state index contributed by atoms with van der Waals surface area (Å²) in [5, 5.41) is 6.84. The van der Waals surface area contributed by atoms with Crippen molar-refractivity contribution in [2.75, 3.05) is 25.0 Å². The molecule has 1 aromatic carbocycles. The van der Waals surface area contributed by atoms with Gasteiger partial charge in [0.05, 0.1) is 11.0 Å². The highest BCUT2D eigenvalue weighted by atomic mass is 15.2. The predicted molar refractivity (Wildman–Crippen MR) is 70.2 cm³/mol. The molecule has 0 spiro atoms. The van der Waals surface area contributed by atoms with Crippen molar-refractivity contribution < 1.29 is 0 Å². The summed E-state index contributed by atoms with van der Waals surface area (Å²) in [5.41, 5.74) is 2.24. The van der Waals surface area contributed by atoms with Gasteiger partial charge in [0.25, 0.3) is 0 Å². The van der Waals surface area contributed by atoms with Crippen LogP contribution in [-0.2, 0) is 7.05 Å². The Morgan fingerprint density at radius 2 is 2.35 bits per heavy atom. The first-order valence-electron chi connectivity index (χ1n) is 6.20. The second-order valence-electron chi connectivity index (χ2n) is 4.72. The zero-order valence-corrected chi connectivity index (χ0v) is 10.1. The van der Waals surface area contributed by atoms with E-state index in [-0.39, 0.29) is 0 Å². The summed E-state index contributed by atoms with van der Waals surface area (Å²) in [6, 6.07) is 8.23. The molecule has 90 valence electrons. The van der Waals surface area contributed by atoms with Crippen LogP contribution in [0.5, 0.6) is 0 Å². The molecule has 2 heterocycles. The van der Waals surface area contributed by atoms with Gasteiger partial charge in [0.1, 0.15) is 0 Å². The lowest BCUT2D eigenvalue weighted by Crippen LogP contribution is -2.18. The fourth-order valence-electron chi connectivity index (χ4n) is 2.43. The second-order valence-corrected chi connectivity index (χ2v) is 4.72. The highest BCUT2D eigenvalue weighted by molar-refractivity contribution is 5.78. The molecular weight excluding hydrogens is 212 g/mol. The normalized spacial score (nSPS) is 19.9. The molecular formula is C13H18N4. The Morgan fingerprint density at radius 3 is 3.12 bits per heavy atom. The molecule has 2 aromatic rings. The monoisotopic (exact) mass is 230 g/mol. The van der Waals surface area contributed by atoms with E-state index in [0.29, 0.717) is 0 Å². The number of nitrogens with zero attached hydrogens (tertiary/aromatic N) is 2. The van der Waals surface area contributed by atoms with Crippen molar-refractivity contribution in [2.45, 2.75) is 6.42 Å². The first kappa shape index (κ1) is 10.6. The van der Waals surface area contributed by atoms with Crippen LogP contribution >= 0.6 is 0 Å². The van der Waals surface area contributed by atoms with Gasteiger partial charge in [-0.1, -0.05) is 12.1 Å². The number of hydrogen-bond donors (Lipinski definition) is 2. The van der Waals surface area contributed by atoms with Crippen LogP contribution in [0.15, 0.2) is 24.3 Å². The van der Waals surface area contributed by atoms with Crippen LogP contribution in [0.4, 0.5) is 5.95 Å². The van der Waals surface area contributed by atoms with Gasteiger partial charge in [0.15, 0.2) is 0 Å². The average Bonchev–Trinajstić information content (AvgIpc) is 2.96. The maximum atomic E-state index is 4.60. The maximum absolute atomic E-state index is 4.60. The number of fused-ring (bicyclic) bond motifs is 1. The maximum Gasteiger partial charge on any atom is 0.203 e. The molecule has 4 nitrogen and oxygen atoms in total. The standard InChI is InChI=1S/C13H18N4/c1-17-12-5-3-2-4-11(12)16-13(17)15-9-10-6-7-14-8-10/h2-5,10,14H,6-9H2,1H3,(H,15,16). The molecule has 17 heavy (non-hydrogen) atoms. The SMILES string of the molecule is Cn1c(NCC2CCNC2)nc2ccccc21. The number of nitrogens with one attached hydrogen (secondary N) is 2. The van der Waals surface area contributed by atoms with Crippen LogP contribution in [0.1, 0.15) is 6.42 Å². The number of para-hydroxylation sites is 2. The minimum atomic E-state index is 0.731. The van der Waals surface area contributed by atoms with Gasteiger partial charge in [0, 0.05) is 13.6 Å². The van der Waals surface area contributed by atoms with Crippen LogP contribution in [0.25, 0.3) is 11.0 Å². The summed E-state index contributed by atoms with van der Waals surface area (Å²) in [6.45, 7) is 3.27. The summed E-state index contributed by atoms with van der Waals surface area (Å²) in [7, 11) is 2.06. The van der Waals surface area contributed by atoms with Gasteiger partial charge in [-0.25, -0.2) is 4.98 Å². The van der Waals surface area contributed by atoms with Crippen molar-refractivity contribution in [1.29, 1.82) is 0 Å². The lowest BCUT2D eigenvalue weighted by molar-refractivity contribution is 0.611. The fraction of sp³-hybridized carbons (Fsp3) is 0.462. The van der Waals surface area contributed by atoms with Gasteiger partial charge >= 0.3 is 0 Å².